The van der Waals surface area contributed by atoms with Crippen LogP contribution in [-0.4, -0.2) is 10.0 Å². The number of anilines is 1. The molecule has 0 aliphatic heterocycles. The lowest BCUT2D eigenvalue weighted by atomic mass is 10.1. The van der Waals surface area contributed by atoms with E-state index in [9.17, 15) is 0 Å². The fourth-order valence-electron chi connectivity index (χ4n) is 2.79. The summed E-state index contributed by atoms with van der Waals surface area (Å²) in [7, 11) is 0. The van der Waals surface area contributed by atoms with Crippen LogP contribution in [0, 0.1) is 0 Å². The average molecular weight is 346 g/mol. The molecule has 0 aromatic heterocycles. The Morgan fingerprint density at radius 3 is 1.96 bits per heavy atom. The van der Waals surface area contributed by atoms with Crippen LogP contribution < -0.4 is 5.32 Å². The third-order valence-electron chi connectivity index (χ3n) is 4.23. The van der Waals surface area contributed by atoms with Crippen molar-refractivity contribution in [1.29, 1.82) is 0 Å². The average Bonchev–Trinajstić information content (AvgIpc) is 2.68. The molecule has 0 spiro atoms. The van der Waals surface area contributed by atoms with Gasteiger partial charge in [0.1, 0.15) is 0 Å². The lowest BCUT2D eigenvalue weighted by Crippen LogP contribution is -2.36. The van der Waals surface area contributed by atoms with Gasteiger partial charge in [0.15, 0.2) is 5.11 Å². The second kappa shape index (κ2) is 8.45. The van der Waals surface area contributed by atoms with Crippen molar-refractivity contribution in [3.63, 3.8) is 0 Å². The van der Waals surface area contributed by atoms with Crippen LogP contribution in [0.2, 0.25) is 0 Å². The molecule has 3 rings (SSSR count). The first-order valence-electron chi connectivity index (χ1n) is 8.45. The Bertz CT molecular complexity index is 788. The van der Waals surface area contributed by atoms with Gasteiger partial charge in [-0.15, -0.1) is 0 Å². The number of benzene rings is 3. The van der Waals surface area contributed by atoms with Crippen molar-refractivity contribution in [2.45, 2.75) is 19.5 Å². The van der Waals surface area contributed by atoms with Crippen LogP contribution in [0.4, 0.5) is 5.69 Å². The van der Waals surface area contributed by atoms with Crippen LogP contribution >= 0.6 is 12.2 Å². The molecule has 1 N–H and O–H groups in total. The van der Waals surface area contributed by atoms with E-state index < -0.39 is 0 Å². The van der Waals surface area contributed by atoms with Crippen LogP contribution in [0.1, 0.15) is 24.1 Å². The molecule has 0 saturated carbocycles. The zero-order valence-electron chi connectivity index (χ0n) is 14.3. The maximum atomic E-state index is 5.75. The lowest BCUT2D eigenvalue weighted by molar-refractivity contribution is 0.334. The van der Waals surface area contributed by atoms with Crippen molar-refractivity contribution in [3.8, 4) is 0 Å². The van der Waals surface area contributed by atoms with Gasteiger partial charge in [0, 0.05) is 12.2 Å². The number of para-hydroxylation sites is 1. The minimum absolute atomic E-state index is 0.171. The highest BCUT2D eigenvalue weighted by atomic mass is 32.1. The van der Waals surface area contributed by atoms with Crippen molar-refractivity contribution in [2.75, 3.05) is 5.32 Å². The molecule has 0 unspecified atom stereocenters. The summed E-state index contributed by atoms with van der Waals surface area (Å²) in [5, 5.41) is 4.10. The van der Waals surface area contributed by atoms with Crippen molar-refractivity contribution < 1.29 is 0 Å². The molecule has 25 heavy (non-hydrogen) atoms. The third-order valence-corrected chi connectivity index (χ3v) is 4.57. The molecule has 126 valence electrons. The fraction of sp³-hybridized carbons (Fsp3) is 0.136. The summed E-state index contributed by atoms with van der Waals surface area (Å²) >= 11 is 5.75. The van der Waals surface area contributed by atoms with Gasteiger partial charge in [-0.3, -0.25) is 0 Å². The van der Waals surface area contributed by atoms with Gasteiger partial charge >= 0.3 is 0 Å². The minimum atomic E-state index is 0.171. The summed E-state index contributed by atoms with van der Waals surface area (Å²) in [5.74, 6) is 0. The SMILES string of the molecule is C[C@@H](c1ccccc1)N(Cc1ccccc1)C(=S)Nc1ccccc1. The minimum Gasteiger partial charge on any atom is -0.338 e. The van der Waals surface area contributed by atoms with Gasteiger partial charge in [-0.1, -0.05) is 78.9 Å². The number of rotatable bonds is 5. The maximum Gasteiger partial charge on any atom is 0.174 e. The quantitative estimate of drug-likeness (QED) is 0.601. The van der Waals surface area contributed by atoms with Crippen molar-refractivity contribution in [1.82, 2.24) is 4.90 Å². The first-order chi connectivity index (χ1) is 12.2. The second-order valence-corrected chi connectivity index (χ2v) is 6.38. The van der Waals surface area contributed by atoms with E-state index in [-0.39, 0.29) is 6.04 Å². The molecule has 0 aliphatic rings. The van der Waals surface area contributed by atoms with E-state index in [1.54, 1.807) is 0 Å². The van der Waals surface area contributed by atoms with Gasteiger partial charge in [0.2, 0.25) is 0 Å². The summed E-state index contributed by atoms with van der Waals surface area (Å²) in [6.45, 7) is 2.95. The molecule has 1 atom stereocenters. The normalized spacial score (nSPS) is 11.6. The predicted molar refractivity (Wildman–Crippen MR) is 110 cm³/mol. The van der Waals surface area contributed by atoms with Crippen LogP contribution in [0.25, 0.3) is 0 Å². The molecule has 0 amide bonds. The number of nitrogens with zero attached hydrogens (tertiary/aromatic N) is 1. The molecule has 0 saturated heterocycles. The molecular weight excluding hydrogens is 324 g/mol. The van der Waals surface area contributed by atoms with Crippen LogP contribution in [0.3, 0.4) is 0 Å². The zero-order valence-corrected chi connectivity index (χ0v) is 15.1. The zero-order chi connectivity index (χ0) is 17.5. The van der Waals surface area contributed by atoms with E-state index in [1.165, 1.54) is 11.1 Å². The van der Waals surface area contributed by atoms with E-state index in [1.807, 2.05) is 42.5 Å². The van der Waals surface area contributed by atoms with Crippen molar-refractivity contribution >= 4 is 23.0 Å². The third kappa shape index (κ3) is 4.68. The summed E-state index contributed by atoms with van der Waals surface area (Å²) in [4.78, 5) is 2.23. The van der Waals surface area contributed by atoms with Gasteiger partial charge in [-0.05, 0) is 42.4 Å². The molecular formula is C22H22N2S. The Morgan fingerprint density at radius 2 is 1.36 bits per heavy atom. The van der Waals surface area contributed by atoms with E-state index in [0.29, 0.717) is 0 Å². The predicted octanol–water partition coefficient (Wildman–Crippen LogP) is 5.65. The summed E-state index contributed by atoms with van der Waals surface area (Å²) in [6, 6.07) is 31.2. The summed E-state index contributed by atoms with van der Waals surface area (Å²) in [5.41, 5.74) is 3.49. The summed E-state index contributed by atoms with van der Waals surface area (Å²) in [6.07, 6.45) is 0. The Labute approximate surface area is 155 Å². The summed E-state index contributed by atoms with van der Waals surface area (Å²) < 4.78 is 0. The smallest absolute Gasteiger partial charge is 0.174 e. The molecule has 3 heteroatoms. The number of nitrogens with one attached hydrogen (secondary N) is 1. The highest BCUT2D eigenvalue weighted by Gasteiger charge is 2.19. The van der Waals surface area contributed by atoms with Crippen LogP contribution in [-0.2, 0) is 6.54 Å². The molecule has 0 fully saturated rings. The number of thiocarbonyl (C=S) groups is 1. The largest absolute Gasteiger partial charge is 0.338 e. The van der Waals surface area contributed by atoms with E-state index in [0.717, 1.165) is 17.3 Å². The van der Waals surface area contributed by atoms with Gasteiger partial charge in [0.05, 0.1) is 6.04 Å². The van der Waals surface area contributed by atoms with Gasteiger partial charge in [-0.2, -0.15) is 0 Å². The maximum absolute atomic E-state index is 5.75. The lowest BCUT2D eigenvalue weighted by Gasteiger charge is -2.32. The molecule has 3 aromatic rings. The molecule has 0 heterocycles. The van der Waals surface area contributed by atoms with E-state index >= 15 is 0 Å². The Hall–Kier alpha value is -2.65. The first-order valence-corrected chi connectivity index (χ1v) is 8.86. The van der Waals surface area contributed by atoms with Crippen molar-refractivity contribution in [2.24, 2.45) is 0 Å². The standard InChI is InChI=1S/C22H22N2S/c1-18(20-13-7-3-8-14-20)24(17-19-11-5-2-6-12-19)22(25)23-21-15-9-4-10-16-21/h2-16,18H,17H2,1H3,(H,23,25)/t18-/m0/s1. The number of hydrogen-bond acceptors (Lipinski definition) is 1. The second-order valence-electron chi connectivity index (χ2n) is 6.00. The van der Waals surface area contributed by atoms with Gasteiger partial charge in [0.25, 0.3) is 0 Å². The molecule has 3 aromatic carbocycles. The molecule has 0 radical (unpaired) electrons. The monoisotopic (exact) mass is 346 g/mol. The molecule has 0 aliphatic carbocycles. The highest BCUT2D eigenvalue weighted by Crippen LogP contribution is 2.23. The Balaban J connectivity index is 1.84. The Kier molecular flexibility index (Phi) is 5.81. The van der Waals surface area contributed by atoms with Crippen LogP contribution in [0.15, 0.2) is 91.0 Å². The highest BCUT2D eigenvalue weighted by molar-refractivity contribution is 7.80. The molecule has 2 nitrogen and oxygen atoms in total. The van der Waals surface area contributed by atoms with E-state index in [4.69, 9.17) is 12.2 Å². The van der Waals surface area contributed by atoms with Gasteiger partial charge < -0.3 is 10.2 Å². The first kappa shape index (κ1) is 17.2. The van der Waals surface area contributed by atoms with Gasteiger partial charge in [-0.25, -0.2) is 0 Å². The number of hydrogen-bond donors (Lipinski definition) is 1. The Morgan fingerprint density at radius 1 is 0.840 bits per heavy atom. The topological polar surface area (TPSA) is 15.3 Å². The van der Waals surface area contributed by atoms with E-state index in [2.05, 4.69) is 65.7 Å². The van der Waals surface area contributed by atoms with Crippen molar-refractivity contribution in [3.05, 3.63) is 102 Å². The fourth-order valence-corrected chi connectivity index (χ4v) is 3.13. The molecule has 0 bridgehead atoms. The van der Waals surface area contributed by atoms with Crippen LogP contribution in [0.5, 0.6) is 0 Å².